The molecule has 86 valence electrons. The summed E-state index contributed by atoms with van der Waals surface area (Å²) in [5, 5.41) is 0.641. The Morgan fingerprint density at radius 2 is 2.25 bits per heavy atom. The van der Waals surface area contributed by atoms with Crippen LogP contribution in [0.2, 0.25) is 0 Å². The second-order valence-corrected chi connectivity index (χ2v) is 5.30. The van der Waals surface area contributed by atoms with Crippen LogP contribution in [0.5, 0.6) is 0 Å². The van der Waals surface area contributed by atoms with Gasteiger partial charge in [0.05, 0.1) is 10.2 Å². The van der Waals surface area contributed by atoms with Gasteiger partial charge in [0.15, 0.2) is 5.13 Å². The highest BCUT2D eigenvalue weighted by Gasteiger charge is 2.05. The molecule has 0 aliphatic carbocycles. The summed E-state index contributed by atoms with van der Waals surface area (Å²) in [4.78, 5) is 4.25. The molecule has 0 amide bonds. The summed E-state index contributed by atoms with van der Waals surface area (Å²) in [5.41, 5.74) is 13.6. The van der Waals surface area contributed by atoms with Crippen LogP contribution in [-0.4, -0.2) is 11.5 Å². The lowest BCUT2D eigenvalue weighted by molar-refractivity contribution is 0.539. The largest absolute Gasteiger partial charge is 0.375 e. The van der Waals surface area contributed by atoms with Crippen LogP contribution < -0.4 is 11.5 Å². The van der Waals surface area contributed by atoms with E-state index in [0.717, 1.165) is 24.9 Å². The minimum absolute atomic E-state index is 0.632. The number of hydrogen-bond acceptors (Lipinski definition) is 4. The van der Waals surface area contributed by atoms with Crippen molar-refractivity contribution in [3.8, 4) is 0 Å². The van der Waals surface area contributed by atoms with E-state index in [4.69, 9.17) is 11.5 Å². The summed E-state index contributed by atoms with van der Waals surface area (Å²) >= 11 is 1.55. The number of rotatable bonds is 4. The fourth-order valence-corrected chi connectivity index (χ4v) is 2.70. The maximum atomic E-state index is 5.68. The molecule has 0 saturated carbocycles. The smallest absolute Gasteiger partial charge is 0.181 e. The number of nitrogens with zero attached hydrogens (tertiary/aromatic N) is 1. The van der Waals surface area contributed by atoms with E-state index < -0.39 is 0 Å². The summed E-state index contributed by atoms with van der Waals surface area (Å²) in [6.07, 6.45) is 2.15. The van der Waals surface area contributed by atoms with Crippen LogP contribution in [0.3, 0.4) is 0 Å². The van der Waals surface area contributed by atoms with Gasteiger partial charge in [0.2, 0.25) is 0 Å². The lowest BCUT2D eigenvalue weighted by atomic mass is 9.98. The van der Waals surface area contributed by atoms with E-state index in [1.165, 1.54) is 10.3 Å². The molecule has 0 aliphatic rings. The molecule has 0 saturated heterocycles. The summed E-state index contributed by atoms with van der Waals surface area (Å²) in [7, 11) is 0. The third-order valence-electron chi connectivity index (χ3n) is 2.71. The Morgan fingerprint density at radius 3 is 3.00 bits per heavy atom. The molecule has 0 fully saturated rings. The molecule has 1 heterocycles. The van der Waals surface area contributed by atoms with Gasteiger partial charge in [-0.2, -0.15) is 0 Å². The monoisotopic (exact) mass is 235 g/mol. The average Bonchev–Trinajstić information content (AvgIpc) is 2.57. The Kier molecular flexibility index (Phi) is 3.41. The predicted molar refractivity (Wildman–Crippen MR) is 70.6 cm³/mol. The van der Waals surface area contributed by atoms with E-state index in [1.807, 2.05) is 6.07 Å². The zero-order valence-corrected chi connectivity index (χ0v) is 10.3. The summed E-state index contributed by atoms with van der Waals surface area (Å²) in [6, 6.07) is 6.37. The van der Waals surface area contributed by atoms with Gasteiger partial charge >= 0.3 is 0 Å². The van der Waals surface area contributed by atoms with E-state index in [2.05, 4.69) is 24.0 Å². The van der Waals surface area contributed by atoms with Crippen molar-refractivity contribution >= 4 is 26.7 Å². The lowest BCUT2D eigenvalue weighted by Gasteiger charge is -2.09. The van der Waals surface area contributed by atoms with Crippen molar-refractivity contribution in [1.82, 2.24) is 4.98 Å². The van der Waals surface area contributed by atoms with Crippen LogP contribution in [0.4, 0.5) is 5.13 Å². The van der Waals surface area contributed by atoms with Crippen LogP contribution in [0.15, 0.2) is 18.2 Å². The summed E-state index contributed by atoms with van der Waals surface area (Å²) in [6.45, 7) is 3.00. The van der Waals surface area contributed by atoms with E-state index in [0.29, 0.717) is 11.0 Å². The van der Waals surface area contributed by atoms with E-state index in [1.54, 1.807) is 11.3 Å². The molecule has 1 atom stereocenters. The highest BCUT2D eigenvalue weighted by Crippen LogP contribution is 2.25. The van der Waals surface area contributed by atoms with Gasteiger partial charge in [-0.25, -0.2) is 4.98 Å². The second-order valence-electron chi connectivity index (χ2n) is 4.24. The normalized spacial score (nSPS) is 13.1. The van der Waals surface area contributed by atoms with Gasteiger partial charge < -0.3 is 11.5 Å². The molecule has 0 spiro atoms. The zero-order valence-electron chi connectivity index (χ0n) is 9.44. The SMILES string of the molecule is CC(CCN)Cc1ccc2nc(N)sc2c1. The molecular weight excluding hydrogens is 218 g/mol. The molecule has 1 unspecified atom stereocenters. The molecule has 0 radical (unpaired) electrons. The van der Waals surface area contributed by atoms with Gasteiger partial charge in [0.25, 0.3) is 0 Å². The first kappa shape index (κ1) is 11.4. The quantitative estimate of drug-likeness (QED) is 0.855. The molecule has 1 aromatic carbocycles. The number of fused-ring (bicyclic) bond motifs is 1. The molecule has 4 N–H and O–H groups in total. The van der Waals surface area contributed by atoms with Gasteiger partial charge in [-0.3, -0.25) is 0 Å². The number of thiazole rings is 1. The van der Waals surface area contributed by atoms with Crippen molar-refractivity contribution in [2.24, 2.45) is 11.7 Å². The highest BCUT2D eigenvalue weighted by atomic mass is 32.1. The van der Waals surface area contributed by atoms with E-state index in [9.17, 15) is 0 Å². The van der Waals surface area contributed by atoms with Gasteiger partial charge in [-0.1, -0.05) is 24.3 Å². The van der Waals surface area contributed by atoms with Gasteiger partial charge in [0.1, 0.15) is 0 Å². The van der Waals surface area contributed by atoms with Crippen molar-refractivity contribution in [3.63, 3.8) is 0 Å². The van der Waals surface area contributed by atoms with Gasteiger partial charge in [-0.15, -0.1) is 0 Å². The maximum absolute atomic E-state index is 5.68. The minimum atomic E-state index is 0.632. The summed E-state index contributed by atoms with van der Waals surface area (Å²) < 4.78 is 1.18. The Labute approximate surface area is 99.5 Å². The molecule has 16 heavy (non-hydrogen) atoms. The minimum Gasteiger partial charge on any atom is -0.375 e. The molecule has 2 aromatic rings. The van der Waals surface area contributed by atoms with Crippen LogP contribution in [-0.2, 0) is 6.42 Å². The van der Waals surface area contributed by atoms with Crippen molar-refractivity contribution in [1.29, 1.82) is 0 Å². The van der Waals surface area contributed by atoms with Crippen LogP contribution in [0.1, 0.15) is 18.9 Å². The second kappa shape index (κ2) is 4.80. The van der Waals surface area contributed by atoms with Gasteiger partial charge in [-0.05, 0) is 43.0 Å². The van der Waals surface area contributed by atoms with Crippen LogP contribution >= 0.6 is 11.3 Å². The first-order chi connectivity index (χ1) is 7.69. The van der Waals surface area contributed by atoms with Crippen molar-refractivity contribution in [2.45, 2.75) is 19.8 Å². The molecule has 0 bridgehead atoms. The molecular formula is C12H17N3S. The fourth-order valence-electron chi connectivity index (χ4n) is 1.90. The van der Waals surface area contributed by atoms with E-state index in [-0.39, 0.29) is 0 Å². The molecule has 1 aromatic heterocycles. The van der Waals surface area contributed by atoms with Crippen LogP contribution in [0.25, 0.3) is 10.2 Å². The van der Waals surface area contributed by atoms with Crippen molar-refractivity contribution in [2.75, 3.05) is 12.3 Å². The number of nitrogen functional groups attached to an aromatic ring is 1. The van der Waals surface area contributed by atoms with E-state index >= 15 is 0 Å². The number of anilines is 1. The first-order valence-corrected chi connectivity index (χ1v) is 6.35. The average molecular weight is 235 g/mol. The zero-order chi connectivity index (χ0) is 11.5. The predicted octanol–water partition coefficient (Wildman–Crippen LogP) is 2.41. The van der Waals surface area contributed by atoms with Crippen LogP contribution in [0, 0.1) is 5.92 Å². The third-order valence-corrected chi connectivity index (χ3v) is 3.56. The number of aromatic nitrogens is 1. The topological polar surface area (TPSA) is 64.9 Å². The number of nitrogens with two attached hydrogens (primary N) is 2. The standard InChI is InChI=1S/C12H17N3S/c1-8(4-5-13)6-9-2-3-10-11(7-9)16-12(14)15-10/h2-3,7-8H,4-6,13H2,1H3,(H2,14,15). The third kappa shape index (κ3) is 2.51. The maximum Gasteiger partial charge on any atom is 0.181 e. The molecule has 3 nitrogen and oxygen atoms in total. The molecule has 2 rings (SSSR count). The molecule has 0 aliphatic heterocycles. The number of benzene rings is 1. The van der Waals surface area contributed by atoms with Crippen molar-refractivity contribution < 1.29 is 0 Å². The Morgan fingerprint density at radius 1 is 1.44 bits per heavy atom. The fraction of sp³-hybridized carbons (Fsp3) is 0.417. The number of hydrogen-bond donors (Lipinski definition) is 2. The highest BCUT2D eigenvalue weighted by molar-refractivity contribution is 7.22. The summed E-state index contributed by atoms with van der Waals surface area (Å²) in [5.74, 6) is 0.632. The van der Waals surface area contributed by atoms with Gasteiger partial charge in [0, 0.05) is 0 Å². The Hall–Kier alpha value is -1.13. The first-order valence-electron chi connectivity index (χ1n) is 5.54. The van der Waals surface area contributed by atoms with Crippen molar-refractivity contribution in [3.05, 3.63) is 23.8 Å². The molecule has 4 heteroatoms. The Balaban J connectivity index is 2.18. The lowest BCUT2D eigenvalue weighted by Crippen LogP contribution is -2.07. The Bertz CT molecular complexity index is 478.